The van der Waals surface area contributed by atoms with Crippen LogP contribution in [0, 0.1) is 0 Å². The maximum atomic E-state index is 11.8. The molecule has 0 saturated heterocycles. The third-order valence-electron chi connectivity index (χ3n) is 2.88. The number of hydrogen-bond acceptors (Lipinski definition) is 4. The first-order valence-electron chi connectivity index (χ1n) is 6.67. The molecule has 0 fully saturated rings. The topological polar surface area (TPSA) is 62.2 Å². The summed E-state index contributed by atoms with van der Waals surface area (Å²) in [5.74, 6) is -0.166. The van der Waals surface area contributed by atoms with Gasteiger partial charge in [-0.1, -0.05) is 30.3 Å². The highest BCUT2D eigenvalue weighted by Crippen LogP contribution is 2.13. The SMILES string of the molecule is O=C(NCCCO)c1csc(CCc2ccccc2)n1. The largest absolute Gasteiger partial charge is 0.396 e. The van der Waals surface area contributed by atoms with E-state index in [0.29, 0.717) is 18.7 Å². The van der Waals surface area contributed by atoms with Crippen LogP contribution in [0.5, 0.6) is 0 Å². The van der Waals surface area contributed by atoms with Crippen molar-refractivity contribution in [3.8, 4) is 0 Å². The lowest BCUT2D eigenvalue weighted by atomic mass is 10.1. The van der Waals surface area contributed by atoms with Crippen molar-refractivity contribution in [3.63, 3.8) is 0 Å². The summed E-state index contributed by atoms with van der Waals surface area (Å²) in [6.07, 6.45) is 2.34. The van der Waals surface area contributed by atoms with Gasteiger partial charge in [0.25, 0.3) is 5.91 Å². The van der Waals surface area contributed by atoms with E-state index in [9.17, 15) is 4.79 Å². The zero-order valence-electron chi connectivity index (χ0n) is 11.2. The summed E-state index contributed by atoms with van der Waals surface area (Å²) in [5, 5.41) is 14.2. The van der Waals surface area contributed by atoms with E-state index in [4.69, 9.17) is 5.11 Å². The lowest BCUT2D eigenvalue weighted by Crippen LogP contribution is -2.25. The summed E-state index contributed by atoms with van der Waals surface area (Å²) in [5.41, 5.74) is 1.74. The van der Waals surface area contributed by atoms with Crippen LogP contribution in [-0.2, 0) is 12.8 Å². The van der Waals surface area contributed by atoms with Crippen molar-refractivity contribution >= 4 is 17.2 Å². The fourth-order valence-electron chi connectivity index (χ4n) is 1.80. The van der Waals surface area contributed by atoms with Gasteiger partial charge >= 0.3 is 0 Å². The molecule has 4 nitrogen and oxygen atoms in total. The second kappa shape index (κ2) is 7.77. The molecule has 1 aromatic heterocycles. The Hall–Kier alpha value is -1.72. The van der Waals surface area contributed by atoms with Crippen LogP contribution in [0.2, 0.25) is 0 Å². The van der Waals surface area contributed by atoms with Gasteiger partial charge in [0.05, 0.1) is 5.01 Å². The van der Waals surface area contributed by atoms with Crippen molar-refractivity contribution in [2.24, 2.45) is 0 Å². The van der Waals surface area contributed by atoms with Crippen LogP contribution in [0.25, 0.3) is 0 Å². The molecule has 2 rings (SSSR count). The average molecular weight is 290 g/mol. The molecular formula is C15H18N2O2S. The van der Waals surface area contributed by atoms with Gasteiger partial charge in [-0.2, -0.15) is 0 Å². The molecule has 0 spiro atoms. The van der Waals surface area contributed by atoms with E-state index in [-0.39, 0.29) is 12.5 Å². The molecular weight excluding hydrogens is 272 g/mol. The Bertz CT molecular complexity index is 540. The molecule has 20 heavy (non-hydrogen) atoms. The Balaban J connectivity index is 1.84. The maximum Gasteiger partial charge on any atom is 0.270 e. The van der Waals surface area contributed by atoms with Crippen molar-refractivity contribution < 1.29 is 9.90 Å². The number of benzene rings is 1. The predicted molar refractivity (Wildman–Crippen MR) is 80.0 cm³/mol. The van der Waals surface area contributed by atoms with Crippen molar-refractivity contribution in [1.82, 2.24) is 10.3 Å². The minimum atomic E-state index is -0.166. The van der Waals surface area contributed by atoms with Crippen LogP contribution in [0.15, 0.2) is 35.7 Å². The van der Waals surface area contributed by atoms with E-state index in [1.807, 2.05) is 18.2 Å². The van der Waals surface area contributed by atoms with E-state index < -0.39 is 0 Å². The molecule has 2 aromatic rings. The summed E-state index contributed by atoms with van der Waals surface area (Å²) in [4.78, 5) is 16.1. The van der Waals surface area contributed by atoms with Gasteiger partial charge < -0.3 is 10.4 Å². The van der Waals surface area contributed by atoms with Crippen molar-refractivity contribution in [1.29, 1.82) is 0 Å². The number of aliphatic hydroxyl groups excluding tert-OH is 1. The van der Waals surface area contributed by atoms with Crippen LogP contribution >= 0.6 is 11.3 Å². The molecule has 0 aliphatic rings. The number of nitrogens with one attached hydrogen (secondary N) is 1. The molecule has 0 atom stereocenters. The zero-order valence-corrected chi connectivity index (χ0v) is 12.0. The Labute approximate surface area is 122 Å². The highest BCUT2D eigenvalue weighted by Gasteiger charge is 2.09. The summed E-state index contributed by atoms with van der Waals surface area (Å²) in [6, 6.07) is 10.2. The Morgan fingerprint density at radius 3 is 2.80 bits per heavy atom. The Kier molecular flexibility index (Phi) is 5.70. The van der Waals surface area contributed by atoms with Gasteiger partial charge in [-0.3, -0.25) is 4.79 Å². The van der Waals surface area contributed by atoms with Gasteiger partial charge in [-0.25, -0.2) is 4.98 Å². The smallest absolute Gasteiger partial charge is 0.270 e. The number of aromatic nitrogens is 1. The van der Waals surface area contributed by atoms with E-state index in [2.05, 4.69) is 22.4 Å². The molecule has 0 aliphatic carbocycles. The van der Waals surface area contributed by atoms with Crippen molar-refractivity contribution in [2.75, 3.05) is 13.2 Å². The molecule has 0 saturated carbocycles. The number of carbonyl (C=O) groups excluding carboxylic acids is 1. The summed E-state index contributed by atoms with van der Waals surface area (Å²) >= 11 is 1.52. The second-order valence-corrected chi connectivity index (χ2v) is 5.39. The molecule has 1 aromatic carbocycles. The van der Waals surface area contributed by atoms with E-state index in [1.54, 1.807) is 5.38 Å². The van der Waals surface area contributed by atoms with Gasteiger partial charge in [-0.05, 0) is 18.4 Å². The Morgan fingerprint density at radius 2 is 2.05 bits per heavy atom. The van der Waals surface area contributed by atoms with Gasteiger partial charge in [0.2, 0.25) is 0 Å². The number of hydrogen-bond donors (Lipinski definition) is 2. The van der Waals surface area contributed by atoms with Gasteiger partial charge in [0.1, 0.15) is 5.69 Å². The first kappa shape index (κ1) is 14.7. The Morgan fingerprint density at radius 1 is 1.25 bits per heavy atom. The minimum Gasteiger partial charge on any atom is -0.396 e. The number of nitrogens with zero attached hydrogens (tertiary/aromatic N) is 1. The predicted octanol–water partition coefficient (Wildman–Crippen LogP) is 2.04. The minimum absolute atomic E-state index is 0.0830. The number of aliphatic hydroxyl groups is 1. The summed E-state index contributed by atoms with van der Waals surface area (Å²) in [6.45, 7) is 0.561. The molecule has 0 bridgehead atoms. The molecule has 5 heteroatoms. The summed E-state index contributed by atoms with van der Waals surface area (Å²) < 4.78 is 0. The van der Waals surface area contributed by atoms with Gasteiger partial charge in [-0.15, -0.1) is 11.3 Å². The maximum absolute atomic E-state index is 11.8. The van der Waals surface area contributed by atoms with Crippen molar-refractivity contribution in [3.05, 3.63) is 52.0 Å². The number of aryl methyl sites for hydroxylation is 2. The van der Waals surface area contributed by atoms with E-state index >= 15 is 0 Å². The zero-order chi connectivity index (χ0) is 14.2. The molecule has 1 heterocycles. The number of amides is 1. The van der Waals surface area contributed by atoms with E-state index in [1.165, 1.54) is 16.9 Å². The quantitative estimate of drug-likeness (QED) is 0.767. The van der Waals surface area contributed by atoms with Crippen LogP contribution in [0.1, 0.15) is 27.5 Å². The van der Waals surface area contributed by atoms with E-state index in [0.717, 1.165) is 17.8 Å². The summed E-state index contributed by atoms with van der Waals surface area (Å²) in [7, 11) is 0. The van der Waals surface area contributed by atoms with Crippen LogP contribution in [-0.4, -0.2) is 29.1 Å². The van der Waals surface area contributed by atoms with Crippen LogP contribution in [0.4, 0.5) is 0 Å². The molecule has 0 unspecified atom stereocenters. The fraction of sp³-hybridized carbons (Fsp3) is 0.333. The lowest BCUT2D eigenvalue weighted by molar-refractivity contribution is 0.0946. The third-order valence-corrected chi connectivity index (χ3v) is 3.78. The highest BCUT2D eigenvalue weighted by molar-refractivity contribution is 7.09. The molecule has 1 amide bonds. The molecule has 0 aliphatic heterocycles. The number of thiazole rings is 1. The van der Waals surface area contributed by atoms with Gasteiger partial charge in [0.15, 0.2) is 0 Å². The number of rotatable bonds is 7. The van der Waals surface area contributed by atoms with Crippen molar-refractivity contribution in [2.45, 2.75) is 19.3 Å². The standard InChI is InChI=1S/C15H18N2O2S/c18-10-4-9-16-15(19)13-11-20-14(17-13)8-7-12-5-2-1-3-6-12/h1-3,5-6,11,18H,4,7-10H2,(H,16,19). The van der Waals surface area contributed by atoms with Crippen LogP contribution in [0.3, 0.4) is 0 Å². The molecule has 2 N–H and O–H groups in total. The second-order valence-electron chi connectivity index (χ2n) is 4.45. The first-order valence-corrected chi connectivity index (χ1v) is 7.55. The third kappa shape index (κ3) is 4.43. The normalized spacial score (nSPS) is 10.4. The lowest BCUT2D eigenvalue weighted by Gasteiger charge is -2.00. The molecule has 0 radical (unpaired) electrons. The highest BCUT2D eigenvalue weighted by atomic mass is 32.1. The fourth-order valence-corrected chi connectivity index (χ4v) is 2.58. The first-order chi connectivity index (χ1) is 9.79. The average Bonchev–Trinajstić information content (AvgIpc) is 2.95. The monoisotopic (exact) mass is 290 g/mol. The molecule has 106 valence electrons. The van der Waals surface area contributed by atoms with Crippen LogP contribution < -0.4 is 5.32 Å². The van der Waals surface area contributed by atoms with Gasteiger partial charge in [0, 0.05) is 25.0 Å². The number of carbonyl (C=O) groups is 1.